The minimum Gasteiger partial charge on any atom is -0.497 e. The third-order valence-electron chi connectivity index (χ3n) is 6.92. The van der Waals surface area contributed by atoms with Crippen molar-refractivity contribution in [2.45, 2.75) is 17.7 Å². The molecule has 0 bridgehead atoms. The minimum absolute atomic E-state index is 0.798. The first-order valence-electron chi connectivity index (χ1n) is 11.4. The maximum atomic E-state index is 7.25. The van der Waals surface area contributed by atoms with E-state index >= 15 is 0 Å². The molecule has 0 aromatic heterocycles. The lowest BCUT2D eigenvalue weighted by Gasteiger charge is -2.39. The lowest BCUT2D eigenvalue weighted by atomic mass is 9.79. The van der Waals surface area contributed by atoms with Crippen LogP contribution in [0.1, 0.15) is 33.4 Å². The summed E-state index contributed by atoms with van der Waals surface area (Å²) in [7, 11) is 3.35. The number of nitrogens with zero attached hydrogens (tertiary/aromatic N) is 1. The van der Waals surface area contributed by atoms with Gasteiger partial charge in [-0.2, -0.15) is 0 Å². The molecule has 4 nitrogen and oxygen atoms in total. The summed E-state index contributed by atoms with van der Waals surface area (Å²) < 4.78 is 18.1. The lowest BCUT2D eigenvalue weighted by Crippen LogP contribution is -2.39. The molecular weight excluding hydrogens is 422 g/mol. The first-order chi connectivity index (χ1) is 16.7. The number of hydrogen-bond acceptors (Lipinski definition) is 4. The van der Waals surface area contributed by atoms with E-state index in [2.05, 4.69) is 72.8 Å². The predicted molar refractivity (Wildman–Crippen MR) is 133 cm³/mol. The quantitative estimate of drug-likeness (QED) is 0.394. The molecule has 6 rings (SSSR count). The smallest absolute Gasteiger partial charge is 0.213 e. The maximum absolute atomic E-state index is 7.25. The van der Waals surface area contributed by atoms with Gasteiger partial charge in [-0.15, -0.1) is 0 Å². The van der Waals surface area contributed by atoms with E-state index in [0.29, 0.717) is 0 Å². The molecule has 0 atom stereocenters. The summed E-state index contributed by atoms with van der Waals surface area (Å²) in [4.78, 5) is 5.19. The highest BCUT2D eigenvalue weighted by atomic mass is 16.5. The van der Waals surface area contributed by atoms with Crippen molar-refractivity contribution in [1.29, 1.82) is 0 Å². The molecule has 4 aromatic rings. The molecule has 0 saturated carbocycles. The van der Waals surface area contributed by atoms with Crippen LogP contribution in [0.4, 0.5) is 0 Å². The maximum Gasteiger partial charge on any atom is 0.213 e. The second-order valence-electron chi connectivity index (χ2n) is 8.69. The zero-order chi connectivity index (χ0) is 23.2. The molecule has 34 heavy (non-hydrogen) atoms. The second kappa shape index (κ2) is 7.86. The molecule has 0 fully saturated rings. The highest BCUT2D eigenvalue weighted by Gasteiger charge is 2.53. The van der Waals surface area contributed by atoms with E-state index in [4.69, 9.17) is 19.2 Å². The highest BCUT2D eigenvalue weighted by Crippen LogP contribution is 2.52. The molecule has 1 spiro atoms. The van der Waals surface area contributed by atoms with Gasteiger partial charge in [0.15, 0.2) is 5.60 Å². The largest absolute Gasteiger partial charge is 0.497 e. The molecule has 0 unspecified atom stereocenters. The summed E-state index contributed by atoms with van der Waals surface area (Å²) in [5.74, 6) is 1.60. The normalized spacial score (nSPS) is 16.6. The predicted octanol–water partition coefficient (Wildman–Crippen LogP) is 5.85. The summed E-state index contributed by atoms with van der Waals surface area (Å²) in [5.41, 5.74) is 4.82. The van der Waals surface area contributed by atoms with E-state index in [1.54, 1.807) is 14.2 Å². The van der Waals surface area contributed by atoms with Crippen LogP contribution in [0.2, 0.25) is 0 Å². The fourth-order valence-electron chi connectivity index (χ4n) is 5.19. The van der Waals surface area contributed by atoms with Crippen molar-refractivity contribution in [3.8, 4) is 11.5 Å². The Kier molecular flexibility index (Phi) is 4.78. The van der Waals surface area contributed by atoms with Gasteiger partial charge in [0, 0.05) is 17.3 Å². The van der Waals surface area contributed by atoms with Gasteiger partial charge in [-0.1, -0.05) is 72.8 Å². The molecule has 1 aliphatic carbocycles. The number of benzene rings is 4. The van der Waals surface area contributed by atoms with E-state index in [1.165, 1.54) is 11.1 Å². The van der Waals surface area contributed by atoms with Gasteiger partial charge in [-0.25, -0.2) is 0 Å². The van der Waals surface area contributed by atoms with Crippen molar-refractivity contribution in [3.05, 3.63) is 130 Å². The third kappa shape index (κ3) is 2.99. The summed E-state index contributed by atoms with van der Waals surface area (Å²) >= 11 is 0. The van der Waals surface area contributed by atoms with Gasteiger partial charge in [-0.05, 0) is 52.9 Å². The average Bonchev–Trinajstić information content (AvgIpc) is 3.31. The van der Waals surface area contributed by atoms with Crippen molar-refractivity contribution in [2.24, 2.45) is 4.99 Å². The van der Waals surface area contributed by atoms with Crippen LogP contribution in [-0.4, -0.2) is 20.4 Å². The van der Waals surface area contributed by atoms with Crippen molar-refractivity contribution < 1.29 is 14.2 Å². The van der Waals surface area contributed by atoms with E-state index in [9.17, 15) is 0 Å². The molecule has 0 saturated heterocycles. The zero-order valence-electron chi connectivity index (χ0n) is 19.2. The Bertz CT molecular complexity index is 1280. The average molecular weight is 448 g/mol. The van der Waals surface area contributed by atoms with Crippen LogP contribution >= 0.6 is 0 Å². The highest BCUT2D eigenvalue weighted by molar-refractivity contribution is 5.81. The summed E-state index contributed by atoms with van der Waals surface area (Å²) in [6.45, 7) is 0. The topological polar surface area (TPSA) is 40.0 Å². The van der Waals surface area contributed by atoms with Crippen LogP contribution in [0, 0.1) is 0 Å². The van der Waals surface area contributed by atoms with Gasteiger partial charge in [0.05, 0.1) is 14.2 Å². The molecule has 0 radical (unpaired) electrons. The van der Waals surface area contributed by atoms with Gasteiger partial charge in [0.2, 0.25) is 5.72 Å². The van der Waals surface area contributed by atoms with Crippen LogP contribution in [-0.2, 0) is 22.5 Å². The van der Waals surface area contributed by atoms with Gasteiger partial charge in [-0.3, -0.25) is 4.99 Å². The molecule has 4 aromatic carbocycles. The second-order valence-corrected chi connectivity index (χ2v) is 8.69. The summed E-state index contributed by atoms with van der Waals surface area (Å²) in [5, 5.41) is 0. The number of aliphatic imine (C=N–C) groups is 1. The fourth-order valence-corrected chi connectivity index (χ4v) is 5.19. The van der Waals surface area contributed by atoms with Crippen LogP contribution in [0.15, 0.2) is 102 Å². The standard InChI is InChI=1S/C30H25NO3/c1-32-25-15-11-23(12-16-25)29(24-13-17-26(33-2)18-14-24)20-31-30(34-29)27-9-5-3-7-21(27)19-22-8-4-6-10-28(22)30/h3-18,20H,19H2,1-2H3. The Morgan fingerprint density at radius 2 is 1.12 bits per heavy atom. The monoisotopic (exact) mass is 447 g/mol. The Labute approximate surface area is 199 Å². The molecule has 1 aliphatic heterocycles. The van der Waals surface area contributed by atoms with Crippen LogP contribution < -0.4 is 9.47 Å². The Balaban J connectivity index is 1.57. The summed E-state index contributed by atoms with van der Waals surface area (Å²) in [6, 6.07) is 33.0. The minimum atomic E-state index is -0.925. The van der Waals surface area contributed by atoms with Gasteiger partial charge in [0.25, 0.3) is 0 Å². The first-order valence-corrected chi connectivity index (χ1v) is 11.4. The fraction of sp³-hybridized carbons (Fsp3) is 0.167. The molecular formula is C30H25NO3. The zero-order valence-corrected chi connectivity index (χ0v) is 19.2. The molecule has 0 amide bonds. The number of ether oxygens (including phenoxy) is 3. The Morgan fingerprint density at radius 1 is 0.647 bits per heavy atom. The van der Waals surface area contributed by atoms with Crippen LogP contribution in [0.25, 0.3) is 0 Å². The lowest BCUT2D eigenvalue weighted by molar-refractivity contribution is -0.0631. The SMILES string of the molecule is COc1ccc(C2(c3ccc(OC)cc3)C=NC3(O2)c2ccccc2Cc2ccccc23)cc1. The molecule has 1 heterocycles. The van der Waals surface area contributed by atoms with E-state index in [-0.39, 0.29) is 0 Å². The van der Waals surface area contributed by atoms with Crippen LogP contribution in [0.5, 0.6) is 11.5 Å². The van der Waals surface area contributed by atoms with Gasteiger partial charge in [0.1, 0.15) is 11.5 Å². The number of fused-ring (bicyclic) bond motifs is 4. The van der Waals surface area contributed by atoms with Crippen molar-refractivity contribution in [3.63, 3.8) is 0 Å². The Hall–Kier alpha value is -3.89. The van der Waals surface area contributed by atoms with E-state index in [0.717, 1.165) is 40.2 Å². The van der Waals surface area contributed by atoms with Crippen molar-refractivity contribution in [2.75, 3.05) is 14.2 Å². The number of rotatable bonds is 4. The molecule has 168 valence electrons. The Morgan fingerprint density at radius 3 is 1.59 bits per heavy atom. The third-order valence-corrected chi connectivity index (χ3v) is 6.92. The van der Waals surface area contributed by atoms with Crippen molar-refractivity contribution >= 4 is 6.21 Å². The molecule has 2 aliphatic rings. The van der Waals surface area contributed by atoms with E-state index < -0.39 is 11.3 Å². The van der Waals surface area contributed by atoms with Gasteiger partial charge >= 0.3 is 0 Å². The van der Waals surface area contributed by atoms with Crippen LogP contribution in [0.3, 0.4) is 0 Å². The van der Waals surface area contributed by atoms with E-state index in [1.807, 2.05) is 30.5 Å². The molecule has 4 heteroatoms. The summed E-state index contributed by atoms with van der Waals surface area (Å²) in [6.07, 6.45) is 2.83. The van der Waals surface area contributed by atoms with Crippen molar-refractivity contribution in [1.82, 2.24) is 0 Å². The molecule has 0 N–H and O–H groups in total. The first kappa shape index (κ1) is 20.7. The number of hydrogen-bond donors (Lipinski definition) is 0. The van der Waals surface area contributed by atoms with Gasteiger partial charge < -0.3 is 14.2 Å². The number of methoxy groups -OCH3 is 2.